The summed E-state index contributed by atoms with van der Waals surface area (Å²) in [5.74, 6) is 1.33. The molecule has 1 N–H and O–H groups in total. The molecule has 0 amide bonds. The second-order valence-corrected chi connectivity index (χ2v) is 15.8. The Morgan fingerprint density at radius 2 is 1.50 bits per heavy atom. The molecule has 1 saturated heterocycles. The van der Waals surface area contributed by atoms with Gasteiger partial charge in [0.05, 0.1) is 59.2 Å². The number of aromatic nitrogens is 2. The highest BCUT2D eigenvalue weighted by Gasteiger charge is 2.48. The Labute approximate surface area is 340 Å². The molecule has 0 bridgehead atoms. The Morgan fingerprint density at radius 1 is 0.914 bits per heavy atom. The first-order valence-electron chi connectivity index (χ1n) is 19.3. The molecule has 0 spiro atoms. The van der Waals surface area contributed by atoms with Crippen LogP contribution in [0.4, 0.5) is 4.39 Å². The second kappa shape index (κ2) is 21.0. The number of rotatable bonds is 20. The number of halogens is 1. The summed E-state index contributed by atoms with van der Waals surface area (Å²) in [6.45, 7) is 8.51. The first-order valence-corrected chi connectivity index (χ1v) is 20.5. The molecular weight excluding hydrogens is 766 g/mol. The van der Waals surface area contributed by atoms with Crippen LogP contribution >= 0.6 is 8.53 Å². The number of aromatic amines is 1. The number of nitriles is 1. The highest BCUT2D eigenvalue weighted by atomic mass is 31.2. The van der Waals surface area contributed by atoms with E-state index >= 15 is 0 Å². The van der Waals surface area contributed by atoms with Crippen LogP contribution in [0.15, 0.2) is 94.6 Å². The summed E-state index contributed by atoms with van der Waals surface area (Å²) < 4.78 is 62.1. The van der Waals surface area contributed by atoms with Crippen LogP contribution in [-0.4, -0.2) is 91.9 Å². The molecule has 0 radical (unpaired) electrons. The van der Waals surface area contributed by atoms with E-state index in [1.807, 2.05) is 107 Å². The lowest BCUT2D eigenvalue weighted by Gasteiger charge is -2.46. The fourth-order valence-corrected chi connectivity index (χ4v) is 9.02. The first-order chi connectivity index (χ1) is 28.0. The molecule has 5 rings (SSSR count). The van der Waals surface area contributed by atoms with E-state index in [1.165, 1.54) is 10.8 Å². The SMILES string of the molecule is COc1ccc(C(OC[C@H]2OC[C@@H](n3cc(C)c(=O)[nH]c3=O)[C@H](OCCF)[C@@H]2OP(OCCC#N)N(C(C)C)C(C)C)(c2ccccc2)c2ccc(OC)cc2)cc1. The van der Waals surface area contributed by atoms with Crippen LogP contribution in [0.2, 0.25) is 0 Å². The van der Waals surface area contributed by atoms with Gasteiger partial charge in [0.2, 0.25) is 0 Å². The molecule has 5 atom stereocenters. The zero-order chi connectivity index (χ0) is 41.8. The predicted octanol–water partition coefficient (Wildman–Crippen LogP) is 6.83. The van der Waals surface area contributed by atoms with Gasteiger partial charge in [-0.1, -0.05) is 54.6 Å². The van der Waals surface area contributed by atoms with Crippen molar-refractivity contribution in [3.8, 4) is 17.6 Å². The molecule has 312 valence electrons. The maximum absolute atomic E-state index is 14.1. The van der Waals surface area contributed by atoms with Gasteiger partial charge in [-0.2, -0.15) is 5.26 Å². The van der Waals surface area contributed by atoms with E-state index in [2.05, 4.69) is 15.7 Å². The molecule has 1 fully saturated rings. The maximum Gasteiger partial charge on any atom is 0.328 e. The molecule has 13 nitrogen and oxygen atoms in total. The van der Waals surface area contributed by atoms with E-state index in [1.54, 1.807) is 21.1 Å². The summed E-state index contributed by atoms with van der Waals surface area (Å²) in [5.41, 5.74) is 0.297. The van der Waals surface area contributed by atoms with E-state index < -0.39 is 56.4 Å². The lowest BCUT2D eigenvalue weighted by atomic mass is 9.80. The van der Waals surface area contributed by atoms with Crippen molar-refractivity contribution in [2.24, 2.45) is 0 Å². The van der Waals surface area contributed by atoms with Gasteiger partial charge in [-0.05, 0) is 75.6 Å². The number of H-pyrrole nitrogens is 1. The van der Waals surface area contributed by atoms with Crippen LogP contribution in [0.3, 0.4) is 0 Å². The van der Waals surface area contributed by atoms with E-state index in [0.29, 0.717) is 17.1 Å². The topological polar surface area (TPSA) is 147 Å². The van der Waals surface area contributed by atoms with Gasteiger partial charge in [-0.3, -0.25) is 14.3 Å². The number of alkyl halides is 1. The Hall–Kier alpha value is -4.45. The van der Waals surface area contributed by atoms with Gasteiger partial charge < -0.3 is 32.7 Å². The molecule has 58 heavy (non-hydrogen) atoms. The molecule has 3 aromatic carbocycles. The molecule has 0 aliphatic carbocycles. The van der Waals surface area contributed by atoms with Crippen LogP contribution in [-0.2, 0) is 28.9 Å². The third kappa shape index (κ3) is 10.2. The fraction of sp³-hybridized carbons (Fsp3) is 0.465. The third-order valence-electron chi connectivity index (χ3n) is 9.95. The minimum absolute atomic E-state index is 0.0474. The lowest BCUT2D eigenvalue weighted by molar-refractivity contribution is -0.194. The van der Waals surface area contributed by atoms with E-state index in [9.17, 15) is 19.2 Å². The quantitative estimate of drug-likeness (QED) is 0.0569. The minimum atomic E-state index is -1.89. The highest BCUT2D eigenvalue weighted by Crippen LogP contribution is 2.50. The van der Waals surface area contributed by atoms with Crippen LogP contribution in [0.5, 0.6) is 11.5 Å². The van der Waals surface area contributed by atoms with Crippen LogP contribution in [0, 0.1) is 18.3 Å². The van der Waals surface area contributed by atoms with E-state index in [4.69, 9.17) is 32.7 Å². The summed E-state index contributed by atoms with van der Waals surface area (Å²) in [6.07, 6.45) is -1.30. The fourth-order valence-electron chi connectivity index (χ4n) is 7.25. The first kappa shape index (κ1) is 44.6. The second-order valence-electron chi connectivity index (χ2n) is 14.4. The van der Waals surface area contributed by atoms with Gasteiger partial charge in [0, 0.05) is 23.8 Å². The van der Waals surface area contributed by atoms with E-state index in [-0.39, 0.29) is 44.9 Å². The molecular formula is C43H54FN4O9P. The van der Waals surface area contributed by atoms with Crippen LogP contribution in [0.25, 0.3) is 0 Å². The maximum atomic E-state index is 14.1. The number of nitrogens with one attached hydrogen (secondary N) is 1. The average Bonchev–Trinajstić information content (AvgIpc) is 3.22. The summed E-state index contributed by atoms with van der Waals surface area (Å²) in [5, 5.41) is 9.41. The lowest BCUT2D eigenvalue weighted by Crippen LogP contribution is -2.57. The normalized spacial score (nSPS) is 19.0. The molecule has 1 aliphatic heterocycles. The number of benzene rings is 3. The predicted molar refractivity (Wildman–Crippen MR) is 219 cm³/mol. The van der Waals surface area contributed by atoms with Crippen molar-refractivity contribution < 1.29 is 37.1 Å². The number of methoxy groups -OCH3 is 2. The number of ether oxygens (including phenoxy) is 5. The summed E-state index contributed by atoms with van der Waals surface area (Å²) in [7, 11) is 1.32. The molecule has 2 heterocycles. The van der Waals surface area contributed by atoms with Crippen molar-refractivity contribution in [3.63, 3.8) is 0 Å². The largest absolute Gasteiger partial charge is 0.497 e. The molecule has 15 heteroatoms. The van der Waals surface area contributed by atoms with Crippen molar-refractivity contribution in [1.82, 2.24) is 14.2 Å². The summed E-state index contributed by atoms with van der Waals surface area (Å²) >= 11 is 0. The Morgan fingerprint density at radius 3 is 2.03 bits per heavy atom. The van der Waals surface area contributed by atoms with Crippen molar-refractivity contribution >= 4 is 8.53 Å². The standard InChI is InChI=1S/C43H54FN4O9P/c1-29(2)48(30(3)4)58(56-24-11-23-45)57-40-38(54-27-37(39(40)53-25-22-44)47-26-31(5)41(49)46-42(47)50)28-55-43(32-12-9-8-10-13-32,33-14-18-35(51-6)19-15-33)34-16-20-36(52-7)21-17-34/h8-10,12-21,26,29-30,37-40H,11,22,24-25,27-28H2,1-7H3,(H,46,49,50)/t37-,38-,39+,40-,58?/m1/s1. The van der Waals surface area contributed by atoms with Crippen molar-refractivity contribution in [3.05, 3.63) is 128 Å². The van der Waals surface area contributed by atoms with Gasteiger partial charge in [-0.15, -0.1) is 0 Å². The molecule has 1 unspecified atom stereocenters. The molecule has 1 aliphatic rings. The number of hydrogen-bond acceptors (Lipinski definition) is 11. The minimum Gasteiger partial charge on any atom is -0.497 e. The van der Waals surface area contributed by atoms with Gasteiger partial charge in [0.25, 0.3) is 14.1 Å². The molecule has 4 aromatic rings. The zero-order valence-corrected chi connectivity index (χ0v) is 35.0. The van der Waals surface area contributed by atoms with Gasteiger partial charge in [0.15, 0.2) is 0 Å². The highest BCUT2D eigenvalue weighted by molar-refractivity contribution is 7.44. The van der Waals surface area contributed by atoms with Gasteiger partial charge >= 0.3 is 5.69 Å². The van der Waals surface area contributed by atoms with Crippen LogP contribution < -0.4 is 20.7 Å². The monoisotopic (exact) mass is 820 g/mol. The van der Waals surface area contributed by atoms with Crippen LogP contribution in [0.1, 0.15) is 62.4 Å². The van der Waals surface area contributed by atoms with E-state index in [0.717, 1.165) is 16.7 Å². The van der Waals surface area contributed by atoms with Gasteiger partial charge in [-0.25, -0.2) is 13.9 Å². The summed E-state index contributed by atoms with van der Waals surface area (Å²) in [6, 6.07) is 26.3. The smallest absolute Gasteiger partial charge is 0.328 e. The number of hydrogen-bond donors (Lipinski definition) is 1. The third-order valence-corrected chi connectivity index (χ3v) is 12.1. The number of nitrogens with zero attached hydrogens (tertiary/aromatic N) is 3. The Bertz CT molecular complexity index is 1990. The van der Waals surface area contributed by atoms with Gasteiger partial charge in [0.1, 0.15) is 42.1 Å². The van der Waals surface area contributed by atoms with Crippen molar-refractivity contribution in [2.75, 3.05) is 47.3 Å². The summed E-state index contributed by atoms with van der Waals surface area (Å²) in [4.78, 5) is 28.2. The Kier molecular flexibility index (Phi) is 16.2. The Balaban J connectivity index is 1.67. The molecule has 0 saturated carbocycles. The number of aryl methyl sites for hydroxylation is 1. The van der Waals surface area contributed by atoms with Crippen molar-refractivity contribution in [1.29, 1.82) is 5.26 Å². The average molecular weight is 821 g/mol. The van der Waals surface area contributed by atoms with Crippen molar-refractivity contribution in [2.45, 2.75) is 83.1 Å². The zero-order valence-electron chi connectivity index (χ0n) is 34.1. The molecule has 1 aromatic heterocycles.